The average Bonchev–Trinajstić information content (AvgIpc) is 2.40. The zero-order valence-electron chi connectivity index (χ0n) is 10.4. The molecule has 1 amide bonds. The zero-order chi connectivity index (χ0) is 14.7. The Hall–Kier alpha value is -1.42. The molecule has 0 saturated carbocycles. The highest BCUT2D eigenvalue weighted by atomic mass is 35.5. The summed E-state index contributed by atoms with van der Waals surface area (Å²) in [5.74, 6) is -0.0869. The van der Waals surface area contributed by atoms with Gasteiger partial charge >= 0.3 is 0 Å². The summed E-state index contributed by atoms with van der Waals surface area (Å²) in [7, 11) is 1.44. The number of halogens is 3. The Morgan fingerprint density at radius 1 is 1.05 bits per heavy atom. The number of rotatable bonds is 3. The minimum Gasteiger partial charge on any atom is -0.494 e. The van der Waals surface area contributed by atoms with Gasteiger partial charge in [-0.05, 0) is 36.4 Å². The molecule has 6 heteroatoms. The molecule has 0 bridgehead atoms. The van der Waals surface area contributed by atoms with Crippen LogP contribution in [-0.4, -0.2) is 13.0 Å². The van der Waals surface area contributed by atoms with Gasteiger partial charge in [0.1, 0.15) is 5.75 Å². The lowest BCUT2D eigenvalue weighted by atomic mass is 10.1. The minimum atomic E-state index is -0.367. The van der Waals surface area contributed by atoms with Gasteiger partial charge in [0, 0.05) is 15.7 Å². The van der Waals surface area contributed by atoms with Gasteiger partial charge in [0.25, 0.3) is 5.91 Å². The summed E-state index contributed by atoms with van der Waals surface area (Å²) in [5, 5.41) is 3.95. The normalized spacial score (nSPS) is 10.2. The van der Waals surface area contributed by atoms with Crippen molar-refractivity contribution in [3.05, 3.63) is 57.0 Å². The van der Waals surface area contributed by atoms with Gasteiger partial charge in [0.2, 0.25) is 0 Å². The standard InChI is InChI=1S/C14H10Cl3NO2/c1-20-13-11(6-9(16)7-12(13)17)14(19)18-10-4-2-8(15)3-5-10/h2-7H,1H3,(H,18,19). The van der Waals surface area contributed by atoms with Crippen LogP contribution in [0.5, 0.6) is 5.75 Å². The van der Waals surface area contributed by atoms with Crippen molar-refractivity contribution in [3.63, 3.8) is 0 Å². The Bertz CT molecular complexity index is 642. The van der Waals surface area contributed by atoms with Gasteiger partial charge in [-0.15, -0.1) is 0 Å². The second-order valence-electron chi connectivity index (χ2n) is 3.93. The third kappa shape index (κ3) is 3.37. The number of carbonyl (C=O) groups is 1. The molecule has 0 aromatic heterocycles. The molecular weight excluding hydrogens is 321 g/mol. The van der Waals surface area contributed by atoms with E-state index in [4.69, 9.17) is 39.5 Å². The Morgan fingerprint density at radius 2 is 1.70 bits per heavy atom. The molecular formula is C14H10Cl3NO2. The van der Waals surface area contributed by atoms with E-state index in [0.29, 0.717) is 15.7 Å². The van der Waals surface area contributed by atoms with Crippen molar-refractivity contribution in [2.45, 2.75) is 0 Å². The van der Waals surface area contributed by atoms with Gasteiger partial charge in [-0.2, -0.15) is 0 Å². The maximum absolute atomic E-state index is 12.2. The molecule has 0 heterocycles. The van der Waals surface area contributed by atoms with Crippen LogP contribution in [0.3, 0.4) is 0 Å². The topological polar surface area (TPSA) is 38.3 Å². The molecule has 0 radical (unpaired) electrons. The summed E-state index contributed by atoms with van der Waals surface area (Å²) >= 11 is 17.7. The smallest absolute Gasteiger partial charge is 0.259 e. The molecule has 2 rings (SSSR count). The summed E-state index contributed by atoms with van der Waals surface area (Å²) < 4.78 is 5.14. The summed E-state index contributed by atoms with van der Waals surface area (Å²) in [6.07, 6.45) is 0. The number of amides is 1. The lowest BCUT2D eigenvalue weighted by Crippen LogP contribution is -2.13. The first-order valence-corrected chi connectivity index (χ1v) is 6.74. The van der Waals surface area contributed by atoms with Gasteiger partial charge in [-0.3, -0.25) is 4.79 Å². The van der Waals surface area contributed by atoms with E-state index in [2.05, 4.69) is 5.32 Å². The highest BCUT2D eigenvalue weighted by Gasteiger charge is 2.16. The first kappa shape index (κ1) is 15.0. The van der Waals surface area contributed by atoms with E-state index < -0.39 is 0 Å². The van der Waals surface area contributed by atoms with Crippen LogP contribution in [0.1, 0.15) is 10.4 Å². The Kier molecular flexibility index (Phi) is 4.76. The number of nitrogens with one attached hydrogen (secondary N) is 1. The van der Waals surface area contributed by atoms with Gasteiger partial charge in [-0.1, -0.05) is 34.8 Å². The van der Waals surface area contributed by atoms with Crippen molar-refractivity contribution in [3.8, 4) is 5.75 Å². The van der Waals surface area contributed by atoms with Crippen LogP contribution in [0.2, 0.25) is 15.1 Å². The summed E-state index contributed by atoms with van der Waals surface area (Å²) in [6.45, 7) is 0. The molecule has 3 nitrogen and oxygen atoms in total. The minimum absolute atomic E-state index is 0.264. The number of anilines is 1. The molecule has 0 spiro atoms. The van der Waals surface area contributed by atoms with E-state index in [1.54, 1.807) is 24.3 Å². The summed E-state index contributed by atoms with van der Waals surface area (Å²) in [4.78, 5) is 12.2. The molecule has 20 heavy (non-hydrogen) atoms. The van der Waals surface area contributed by atoms with Crippen molar-refractivity contribution in [1.29, 1.82) is 0 Å². The quantitative estimate of drug-likeness (QED) is 0.868. The number of hydrogen-bond acceptors (Lipinski definition) is 2. The maximum atomic E-state index is 12.2. The van der Waals surface area contributed by atoms with Crippen LogP contribution in [0.4, 0.5) is 5.69 Å². The predicted molar refractivity (Wildman–Crippen MR) is 82.4 cm³/mol. The molecule has 0 atom stereocenters. The number of hydrogen-bond donors (Lipinski definition) is 1. The van der Waals surface area contributed by atoms with E-state index in [1.807, 2.05) is 0 Å². The van der Waals surface area contributed by atoms with Crippen molar-refractivity contribution in [1.82, 2.24) is 0 Å². The molecule has 0 aliphatic rings. The second kappa shape index (κ2) is 6.35. The molecule has 0 unspecified atom stereocenters. The van der Waals surface area contributed by atoms with Gasteiger partial charge in [0.15, 0.2) is 0 Å². The highest BCUT2D eigenvalue weighted by molar-refractivity contribution is 6.36. The van der Waals surface area contributed by atoms with Crippen molar-refractivity contribution in [2.75, 3.05) is 12.4 Å². The first-order valence-electron chi connectivity index (χ1n) is 5.61. The van der Waals surface area contributed by atoms with Gasteiger partial charge in [-0.25, -0.2) is 0 Å². The number of carbonyl (C=O) groups excluding carboxylic acids is 1. The van der Waals surface area contributed by atoms with Crippen molar-refractivity contribution < 1.29 is 9.53 Å². The Morgan fingerprint density at radius 3 is 2.30 bits per heavy atom. The molecule has 0 fully saturated rings. The highest BCUT2D eigenvalue weighted by Crippen LogP contribution is 2.32. The molecule has 2 aromatic carbocycles. The number of benzene rings is 2. The van der Waals surface area contributed by atoms with E-state index in [0.717, 1.165) is 0 Å². The average molecular weight is 331 g/mol. The van der Waals surface area contributed by atoms with Crippen molar-refractivity contribution >= 4 is 46.4 Å². The van der Waals surface area contributed by atoms with Crippen LogP contribution in [-0.2, 0) is 0 Å². The Balaban J connectivity index is 2.31. The fourth-order valence-corrected chi connectivity index (χ4v) is 2.36. The Labute approximate surface area is 131 Å². The van der Waals surface area contributed by atoms with Crippen LogP contribution in [0.25, 0.3) is 0 Å². The van der Waals surface area contributed by atoms with Gasteiger partial charge in [0.05, 0.1) is 17.7 Å². The molecule has 0 aliphatic carbocycles. The van der Waals surface area contributed by atoms with Crippen molar-refractivity contribution in [2.24, 2.45) is 0 Å². The molecule has 0 aliphatic heterocycles. The summed E-state index contributed by atoms with van der Waals surface area (Å²) in [6, 6.07) is 9.76. The molecule has 1 N–H and O–H groups in total. The van der Waals surface area contributed by atoms with E-state index in [1.165, 1.54) is 19.2 Å². The zero-order valence-corrected chi connectivity index (χ0v) is 12.7. The molecule has 2 aromatic rings. The van der Waals surface area contributed by atoms with E-state index in [9.17, 15) is 4.79 Å². The molecule has 0 saturated heterocycles. The second-order valence-corrected chi connectivity index (χ2v) is 5.21. The number of ether oxygens (including phenoxy) is 1. The largest absolute Gasteiger partial charge is 0.494 e. The predicted octanol–water partition coefficient (Wildman–Crippen LogP) is 4.91. The lowest BCUT2D eigenvalue weighted by molar-refractivity contribution is 0.102. The van der Waals surface area contributed by atoms with Crippen LogP contribution in [0, 0.1) is 0 Å². The molecule has 104 valence electrons. The van der Waals surface area contributed by atoms with E-state index >= 15 is 0 Å². The van der Waals surface area contributed by atoms with Gasteiger partial charge < -0.3 is 10.1 Å². The third-order valence-corrected chi connectivity index (χ3v) is 3.31. The maximum Gasteiger partial charge on any atom is 0.259 e. The fourth-order valence-electron chi connectivity index (χ4n) is 1.67. The van der Waals surface area contributed by atoms with E-state index in [-0.39, 0.29) is 22.2 Å². The third-order valence-electron chi connectivity index (χ3n) is 2.56. The van der Waals surface area contributed by atoms with Crippen LogP contribution in [0.15, 0.2) is 36.4 Å². The first-order chi connectivity index (χ1) is 9.51. The SMILES string of the molecule is COc1c(Cl)cc(Cl)cc1C(=O)Nc1ccc(Cl)cc1. The number of methoxy groups -OCH3 is 1. The fraction of sp³-hybridized carbons (Fsp3) is 0.0714. The van der Waals surface area contributed by atoms with Crippen LogP contribution >= 0.6 is 34.8 Å². The van der Waals surface area contributed by atoms with Crippen LogP contribution < -0.4 is 10.1 Å². The lowest BCUT2D eigenvalue weighted by Gasteiger charge is -2.11. The monoisotopic (exact) mass is 329 g/mol. The summed E-state index contributed by atoms with van der Waals surface area (Å²) in [5.41, 5.74) is 0.873.